The van der Waals surface area contributed by atoms with Gasteiger partial charge >= 0.3 is 5.97 Å². The molecule has 4 rings (SSSR count). The van der Waals surface area contributed by atoms with Crippen LogP contribution in [0, 0.1) is 18.3 Å². The van der Waals surface area contributed by atoms with Gasteiger partial charge in [-0.1, -0.05) is 45.7 Å². The number of methoxy groups -OCH3 is 1. The Kier molecular flexibility index (Phi) is 6.04. The van der Waals surface area contributed by atoms with E-state index in [1.807, 2.05) is 43.3 Å². The van der Waals surface area contributed by atoms with Crippen LogP contribution in [0.25, 0.3) is 0 Å². The molecule has 1 N–H and O–H groups in total. The number of carbonyl (C=O) groups is 2. The van der Waals surface area contributed by atoms with Crippen LogP contribution < -0.4 is 4.90 Å². The number of nitrogens with one attached hydrogen (secondary N) is 1. The van der Waals surface area contributed by atoms with Gasteiger partial charge in [-0.15, -0.1) is 0 Å². The number of rotatable bonds is 3. The Balaban J connectivity index is 2.00. The number of hydrogen-bond acceptors (Lipinski definition) is 4. The van der Waals surface area contributed by atoms with E-state index in [0.717, 1.165) is 21.3 Å². The third-order valence-corrected chi connectivity index (χ3v) is 6.98. The molecule has 1 aliphatic heterocycles. The van der Waals surface area contributed by atoms with Crippen molar-refractivity contribution in [3.8, 4) is 0 Å². The molecule has 0 bridgehead atoms. The topological polar surface area (TPSA) is 70.5 Å². The first kappa shape index (κ1) is 21.8. The van der Waals surface area contributed by atoms with Crippen LogP contribution in [-0.2, 0) is 14.3 Å². The first-order valence-electron chi connectivity index (χ1n) is 10.1. The molecule has 0 radical (unpaired) electrons. The third-order valence-electron chi connectivity index (χ3n) is 6.04. The molecule has 0 spiro atoms. The van der Waals surface area contributed by atoms with E-state index in [1.54, 1.807) is 11.0 Å². The molecule has 1 aliphatic carbocycles. The highest BCUT2D eigenvalue weighted by atomic mass is 79.9. The summed E-state index contributed by atoms with van der Waals surface area (Å²) in [6.07, 6.45) is 1.78. The van der Waals surface area contributed by atoms with Gasteiger partial charge in [0.05, 0.1) is 12.8 Å². The van der Waals surface area contributed by atoms with Gasteiger partial charge in [0, 0.05) is 33.1 Å². The van der Waals surface area contributed by atoms with E-state index in [2.05, 4.69) is 15.9 Å². The summed E-state index contributed by atoms with van der Waals surface area (Å²) in [6, 6.07) is 13.0. The highest BCUT2D eigenvalue weighted by Gasteiger charge is 2.48. The van der Waals surface area contributed by atoms with Crippen molar-refractivity contribution in [2.24, 2.45) is 5.92 Å². The second kappa shape index (κ2) is 8.60. The number of anilines is 1. The van der Waals surface area contributed by atoms with Crippen LogP contribution in [0.4, 0.5) is 5.69 Å². The molecule has 2 aromatic carbocycles. The number of carbonyl (C=O) groups excluding carboxylic acids is 2. The van der Waals surface area contributed by atoms with E-state index < -0.39 is 17.8 Å². The summed E-state index contributed by atoms with van der Waals surface area (Å²) in [6.45, 7) is 1.88. The average molecular weight is 502 g/mol. The van der Waals surface area contributed by atoms with Gasteiger partial charge in [0.1, 0.15) is 11.8 Å². The molecule has 160 valence electrons. The van der Waals surface area contributed by atoms with Crippen molar-refractivity contribution < 1.29 is 14.3 Å². The van der Waals surface area contributed by atoms with Crippen LogP contribution >= 0.6 is 27.5 Å². The molecule has 0 saturated carbocycles. The van der Waals surface area contributed by atoms with E-state index in [4.69, 9.17) is 21.7 Å². The summed E-state index contributed by atoms with van der Waals surface area (Å²) in [7, 11) is 1.32. The van der Waals surface area contributed by atoms with E-state index >= 15 is 0 Å². The van der Waals surface area contributed by atoms with Crippen LogP contribution in [0.5, 0.6) is 0 Å². The molecule has 2 aromatic rings. The van der Waals surface area contributed by atoms with Gasteiger partial charge in [-0.05, 0) is 55.2 Å². The Morgan fingerprint density at radius 1 is 1.19 bits per heavy atom. The van der Waals surface area contributed by atoms with Crippen LogP contribution in [0.3, 0.4) is 0 Å². The molecule has 0 fully saturated rings. The lowest BCUT2D eigenvalue weighted by Gasteiger charge is -2.43. The molecular weight excluding hydrogens is 480 g/mol. The van der Waals surface area contributed by atoms with Gasteiger partial charge in [-0.3, -0.25) is 15.0 Å². The summed E-state index contributed by atoms with van der Waals surface area (Å²) in [5, 5.41) is 9.65. The summed E-state index contributed by atoms with van der Waals surface area (Å²) in [5.41, 5.74) is 3.69. The third kappa shape index (κ3) is 3.72. The van der Waals surface area contributed by atoms with E-state index in [0.29, 0.717) is 35.5 Å². The molecule has 7 heteroatoms. The molecule has 31 heavy (non-hydrogen) atoms. The Morgan fingerprint density at radius 2 is 1.90 bits per heavy atom. The lowest BCUT2D eigenvalue weighted by atomic mass is 9.71. The Bertz CT molecular complexity index is 1110. The predicted molar refractivity (Wildman–Crippen MR) is 125 cm³/mol. The van der Waals surface area contributed by atoms with E-state index in [9.17, 15) is 9.59 Å². The number of Topliss-reactive ketones (excluding diaryl/α,β-unsaturated/α-hetero) is 1. The molecule has 0 aromatic heterocycles. The maximum atomic E-state index is 13.2. The second-order valence-corrected chi connectivity index (χ2v) is 9.09. The van der Waals surface area contributed by atoms with E-state index in [1.165, 1.54) is 7.11 Å². The number of hydrogen-bond donors (Lipinski definition) is 1. The zero-order chi connectivity index (χ0) is 22.3. The number of ether oxygens (including phenoxy) is 1. The van der Waals surface area contributed by atoms with Crippen LogP contribution in [0.2, 0.25) is 5.02 Å². The monoisotopic (exact) mass is 500 g/mol. The smallest absolute Gasteiger partial charge is 0.317 e. The normalized spacial score (nSPS) is 21.2. The first-order chi connectivity index (χ1) is 14.8. The molecule has 0 saturated heterocycles. The highest BCUT2D eigenvalue weighted by molar-refractivity contribution is 9.10. The fourth-order valence-electron chi connectivity index (χ4n) is 4.56. The molecule has 2 unspecified atom stereocenters. The van der Waals surface area contributed by atoms with Crippen molar-refractivity contribution in [3.05, 3.63) is 74.4 Å². The fourth-order valence-corrected chi connectivity index (χ4v) is 4.99. The minimum absolute atomic E-state index is 0.0141. The Hall–Kier alpha value is -2.44. The molecule has 0 amide bonds. The SMILES string of the molecule is COC(=O)C1C(=N)N(c2cccc(Cl)c2C)C2=C(C(=O)CCC2)C1c1ccc(Br)cc1. The van der Waals surface area contributed by atoms with Crippen LogP contribution in [-0.4, -0.2) is 24.7 Å². The number of ketones is 1. The van der Waals surface area contributed by atoms with Crippen molar-refractivity contribution >= 4 is 50.8 Å². The van der Waals surface area contributed by atoms with Gasteiger partial charge in [-0.25, -0.2) is 0 Å². The minimum Gasteiger partial charge on any atom is -0.468 e. The van der Waals surface area contributed by atoms with Crippen molar-refractivity contribution in [3.63, 3.8) is 0 Å². The lowest BCUT2D eigenvalue weighted by Crippen LogP contribution is -2.49. The Morgan fingerprint density at radius 3 is 2.58 bits per heavy atom. The summed E-state index contributed by atoms with van der Waals surface area (Å²) in [5.74, 6) is -1.93. The van der Waals surface area contributed by atoms with Gasteiger partial charge in [-0.2, -0.15) is 0 Å². The zero-order valence-electron chi connectivity index (χ0n) is 17.2. The molecule has 5 nitrogen and oxygen atoms in total. The molecule has 2 atom stereocenters. The van der Waals surface area contributed by atoms with Crippen molar-refractivity contribution in [1.82, 2.24) is 0 Å². The summed E-state index contributed by atoms with van der Waals surface area (Å²) < 4.78 is 6.01. The molecule has 1 heterocycles. The number of esters is 1. The number of allylic oxidation sites excluding steroid dienone is 2. The lowest BCUT2D eigenvalue weighted by molar-refractivity contribution is -0.143. The maximum absolute atomic E-state index is 13.2. The van der Waals surface area contributed by atoms with Crippen molar-refractivity contribution in [2.45, 2.75) is 32.1 Å². The van der Waals surface area contributed by atoms with Gasteiger partial charge < -0.3 is 9.64 Å². The summed E-state index contributed by atoms with van der Waals surface area (Å²) in [4.78, 5) is 27.9. The quantitative estimate of drug-likeness (QED) is 0.541. The zero-order valence-corrected chi connectivity index (χ0v) is 19.6. The molecule has 2 aliphatic rings. The minimum atomic E-state index is -0.939. The van der Waals surface area contributed by atoms with Gasteiger partial charge in [0.15, 0.2) is 5.78 Å². The average Bonchev–Trinajstić information content (AvgIpc) is 2.76. The van der Waals surface area contributed by atoms with E-state index in [-0.39, 0.29) is 11.6 Å². The highest BCUT2D eigenvalue weighted by Crippen LogP contribution is 2.47. The summed E-state index contributed by atoms with van der Waals surface area (Å²) >= 11 is 9.82. The van der Waals surface area contributed by atoms with Crippen LogP contribution in [0.1, 0.15) is 36.3 Å². The largest absolute Gasteiger partial charge is 0.468 e. The van der Waals surface area contributed by atoms with Gasteiger partial charge in [0.2, 0.25) is 0 Å². The van der Waals surface area contributed by atoms with Crippen LogP contribution in [0.15, 0.2) is 58.2 Å². The standard InChI is InChI=1S/C24H22BrClN2O3/c1-13-16(26)5-3-6-17(13)28-18-7-4-8-19(29)21(18)20(14-9-11-15(25)12-10-14)22(23(28)27)24(30)31-2/h3,5-6,9-12,20,22,27H,4,7-8H2,1-2H3. The molecular formula is C24H22BrClN2O3. The number of halogens is 2. The van der Waals surface area contributed by atoms with Gasteiger partial charge in [0.25, 0.3) is 0 Å². The van der Waals surface area contributed by atoms with Crippen molar-refractivity contribution in [1.29, 1.82) is 5.41 Å². The second-order valence-electron chi connectivity index (χ2n) is 7.77. The maximum Gasteiger partial charge on any atom is 0.317 e. The number of nitrogens with zero attached hydrogens (tertiary/aromatic N) is 1. The fraction of sp³-hybridized carbons (Fsp3) is 0.292. The number of amidine groups is 1. The Labute approximate surface area is 194 Å². The predicted octanol–water partition coefficient (Wildman–Crippen LogP) is 5.79. The number of benzene rings is 2. The first-order valence-corrected chi connectivity index (χ1v) is 11.3. The van der Waals surface area contributed by atoms with Crippen molar-refractivity contribution in [2.75, 3.05) is 12.0 Å².